The normalized spacial score (nSPS) is 16.0. The second kappa shape index (κ2) is 10.1. The van der Waals surface area contributed by atoms with Crippen molar-refractivity contribution in [3.8, 4) is 28.6 Å². The van der Waals surface area contributed by atoms with Gasteiger partial charge in [0.05, 0.1) is 11.1 Å². The van der Waals surface area contributed by atoms with E-state index in [1.54, 1.807) is 12.1 Å². The zero-order valence-electron chi connectivity index (χ0n) is 19.9. The van der Waals surface area contributed by atoms with Crippen LogP contribution in [0.5, 0.6) is 5.75 Å². The highest BCUT2D eigenvalue weighted by Crippen LogP contribution is 2.37. The highest BCUT2D eigenvalue weighted by Gasteiger charge is 2.28. The number of ether oxygens (including phenoxy) is 1. The van der Waals surface area contributed by atoms with Crippen molar-refractivity contribution < 1.29 is 19.2 Å². The maximum absolute atomic E-state index is 11.8. The molecule has 1 N–H and O–H groups in total. The smallest absolute Gasteiger partial charge is 0.407 e. The number of amides is 1. The Morgan fingerprint density at radius 2 is 2.06 bits per heavy atom. The van der Waals surface area contributed by atoms with Gasteiger partial charge in [-0.2, -0.15) is 4.98 Å². The summed E-state index contributed by atoms with van der Waals surface area (Å²) in [5.41, 5.74) is 3.83. The maximum atomic E-state index is 11.8. The van der Waals surface area contributed by atoms with E-state index in [9.17, 15) is 9.90 Å². The first-order valence-corrected chi connectivity index (χ1v) is 12.0. The molecule has 3 aromatic rings. The molecule has 1 unspecified atom stereocenters. The molecular weight excluding hydrogens is 454 g/mol. The lowest BCUT2D eigenvalue weighted by Crippen LogP contribution is -2.33. The molecule has 0 saturated carbocycles. The van der Waals surface area contributed by atoms with Crippen LogP contribution in [0.2, 0.25) is 5.02 Å². The van der Waals surface area contributed by atoms with E-state index in [1.807, 2.05) is 32.0 Å². The van der Waals surface area contributed by atoms with Gasteiger partial charge < -0.3 is 19.3 Å². The molecule has 0 bridgehead atoms. The van der Waals surface area contributed by atoms with Crippen LogP contribution in [0.25, 0.3) is 22.8 Å². The van der Waals surface area contributed by atoms with Crippen molar-refractivity contribution in [1.29, 1.82) is 0 Å². The van der Waals surface area contributed by atoms with Crippen LogP contribution in [0.15, 0.2) is 40.9 Å². The standard InChI is InChI=1S/C26H30ClN3O4/c1-15(2)12-18-14-30(26(31)32)11-10-20-19(18)6-5-7-21(20)24-28-25(34-29-24)17-8-9-23(22(27)13-17)33-16(3)4/h5-9,13,15-16,18H,10-12,14H2,1-4H3,(H,31,32). The summed E-state index contributed by atoms with van der Waals surface area (Å²) in [6.45, 7) is 9.13. The van der Waals surface area contributed by atoms with Crippen LogP contribution in [0.4, 0.5) is 4.79 Å². The molecular formula is C26H30ClN3O4. The molecule has 7 nitrogen and oxygen atoms in total. The number of aromatic nitrogens is 2. The summed E-state index contributed by atoms with van der Waals surface area (Å²) in [5, 5.41) is 14.4. The lowest BCUT2D eigenvalue weighted by Gasteiger charge is -2.24. The first kappa shape index (κ1) is 24.1. The molecule has 2 aromatic carbocycles. The van der Waals surface area contributed by atoms with Gasteiger partial charge in [0.1, 0.15) is 5.75 Å². The Kier molecular flexibility index (Phi) is 7.12. The van der Waals surface area contributed by atoms with Crippen LogP contribution < -0.4 is 4.74 Å². The number of hydrogen-bond donors (Lipinski definition) is 1. The third kappa shape index (κ3) is 5.20. The maximum Gasteiger partial charge on any atom is 0.407 e. The Morgan fingerprint density at radius 3 is 2.74 bits per heavy atom. The number of carbonyl (C=O) groups is 1. The Hall–Kier alpha value is -3.06. The van der Waals surface area contributed by atoms with Crippen molar-refractivity contribution in [2.45, 2.75) is 52.6 Å². The summed E-state index contributed by atoms with van der Waals surface area (Å²) in [5.74, 6) is 2.02. The van der Waals surface area contributed by atoms with Gasteiger partial charge in [-0.05, 0) is 61.9 Å². The molecule has 34 heavy (non-hydrogen) atoms. The van der Waals surface area contributed by atoms with Gasteiger partial charge in [-0.1, -0.05) is 48.8 Å². The van der Waals surface area contributed by atoms with Gasteiger partial charge in [-0.25, -0.2) is 4.79 Å². The van der Waals surface area contributed by atoms with Gasteiger partial charge in [-0.15, -0.1) is 0 Å². The zero-order chi connectivity index (χ0) is 24.4. The first-order valence-electron chi connectivity index (χ1n) is 11.6. The van der Waals surface area contributed by atoms with E-state index in [0.717, 1.165) is 17.5 Å². The molecule has 0 radical (unpaired) electrons. The van der Waals surface area contributed by atoms with E-state index in [1.165, 1.54) is 10.5 Å². The fourth-order valence-electron chi connectivity index (χ4n) is 4.56. The van der Waals surface area contributed by atoms with Crippen molar-refractivity contribution in [2.75, 3.05) is 13.1 Å². The molecule has 180 valence electrons. The van der Waals surface area contributed by atoms with Crippen molar-refractivity contribution in [3.63, 3.8) is 0 Å². The number of fused-ring (bicyclic) bond motifs is 1. The number of halogens is 1. The van der Waals surface area contributed by atoms with Crippen molar-refractivity contribution in [3.05, 3.63) is 52.5 Å². The summed E-state index contributed by atoms with van der Waals surface area (Å²) >= 11 is 6.39. The van der Waals surface area contributed by atoms with Gasteiger partial charge in [0.25, 0.3) is 5.89 Å². The average molecular weight is 484 g/mol. The number of rotatable bonds is 6. The summed E-state index contributed by atoms with van der Waals surface area (Å²) in [6.07, 6.45) is 0.639. The van der Waals surface area contributed by atoms with Crippen LogP contribution in [-0.4, -0.2) is 45.4 Å². The van der Waals surface area contributed by atoms with Crippen LogP contribution in [0.3, 0.4) is 0 Å². The molecule has 1 aliphatic rings. The van der Waals surface area contributed by atoms with Crippen LogP contribution >= 0.6 is 11.6 Å². The fraction of sp³-hybridized carbons (Fsp3) is 0.423. The van der Waals surface area contributed by atoms with Gasteiger partial charge in [-0.3, -0.25) is 0 Å². The lowest BCUT2D eigenvalue weighted by atomic mass is 9.85. The molecule has 0 fully saturated rings. The second-order valence-electron chi connectivity index (χ2n) is 9.41. The van der Waals surface area contributed by atoms with E-state index in [-0.39, 0.29) is 12.0 Å². The largest absolute Gasteiger partial charge is 0.489 e. The predicted molar refractivity (Wildman–Crippen MR) is 131 cm³/mol. The molecule has 1 atom stereocenters. The van der Waals surface area contributed by atoms with Crippen molar-refractivity contribution >= 4 is 17.7 Å². The predicted octanol–water partition coefficient (Wildman–Crippen LogP) is 6.51. The van der Waals surface area contributed by atoms with E-state index in [2.05, 4.69) is 30.1 Å². The Morgan fingerprint density at radius 1 is 1.26 bits per heavy atom. The molecule has 8 heteroatoms. The minimum atomic E-state index is -0.883. The monoisotopic (exact) mass is 483 g/mol. The molecule has 0 saturated heterocycles. The molecule has 4 rings (SSSR count). The molecule has 1 aliphatic heterocycles. The van der Waals surface area contributed by atoms with E-state index >= 15 is 0 Å². The zero-order valence-corrected chi connectivity index (χ0v) is 20.7. The Balaban J connectivity index is 1.69. The van der Waals surface area contributed by atoms with E-state index in [4.69, 9.17) is 20.9 Å². The fourth-order valence-corrected chi connectivity index (χ4v) is 4.78. The van der Waals surface area contributed by atoms with Crippen LogP contribution in [0, 0.1) is 5.92 Å². The van der Waals surface area contributed by atoms with Gasteiger partial charge in [0.2, 0.25) is 5.82 Å². The lowest BCUT2D eigenvalue weighted by molar-refractivity contribution is 0.142. The first-order chi connectivity index (χ1) is 16.2. The number of benzene rings is 2. The molecule has 1 aromatic heterocycles. The average Bonchev–Trinajstić information content (AvgIpc) is 3.18. The van der Waals surface area contributed by atoms with Gasteiger partial charge in [0.15, 0.2) is 0 Å². The summed E-state index contributed by atoms with van der Waals surface area (Å²) < 4.78 is 11.3. The van der Waals surface area contributed by atoms with Crippen molar-refractivity contribution in [1.82, 2.24) is 15.0 Å². The second-order valence-corrected chi connectivity index (χ2v) is 9.82. The topological polar surface area (TPSA) is 88.7 Å². The SMILES string of the molecule is CC(C)CC1CN(C(=O)O)CCc2c(-c3noc(-c4ccc(OC(C)C)c(Cl)c4)n3)cccc21. The summed E-state index contributed by atoms with van der Waals surface area (Å²) in [6, 6.07) is 11.5. The summed E-state index contributed by atoms with van der Waals surface area (Å²) in [4.78, 5) is 18.0. The third-order valence-corrected chi connectivity index (χ3v) is 6.25. The quantitative estimate of drug-likeness (QED) is 0.430. The highest BCUT2D eigenvalue weighted by atomic mass is 35.5. The Bertz CT molecular complexity index is 1170. The molecule has 0 aliphatic carbocycles. The van der Waals surface area contributed by atoms with Gasteiger partial charge in [0, 0.05) is 30.1 Å². The highest BCUT2D eigenvalue weighted by molar-refractivity contribution is 6.32. The van der Waals surface area contributed by atoms with E-state index < -0.39 is 6.09 Å². The Labute approximate surface area is 204 Å². The van der Waals surface area contributed by atoms with Crippen LogP contribution in [0.1, 0.15) is 51.2 Å². The number of carboxylic acid groups (broad SMARTS) is 1. The summed E-state index contributed by atoms with van der Waals surface area (Å²) in [7, 11) is 0. The van der Waals surface area contributed by atoms with Crippen molar-refractivity contribution in [2.24, 2.45) is 5.92 Å². The molecule has 1 amide bonds. The minimum absolute atomic E-state index is 0.0169. The van der Waals surface area contributed by atoms with Gasteiger partial charge >= 0.3 is 6.09 Å². The number of nitrogens with zero attached hydrogens (tertiary/aromatic N) is 3. The van der Waals surface area contributed by atoms with Crippen LogP contribution in [-0.2, 0) is 6.42 Å². The van der Waals surface area contributed by atoms with E-state index in [0.29, 0.717) is 53.5 Å². The minimum Gasteiger partial charge on any atom is -0.489 e. The molecule has 2 heterocycles. The number of hydrogen-bond acceptors (Lipinski definition) is 5. The molecule has 0 spiro atoms. The third-order valence-electron chi connectivity index (χ3n) is 5.96.